The van der Waals surface area contributed by atoms with E-state index in [9.17, 15) is 0 Å². The van der Waals surface area contributed by atoms with Crippen LogP contribution in [-0.2, 0) is 0 Å². The molecule has 0 saturated carbocycles. The van der Waals surface area contributed by atoms with Crippen LogP contribution in [0.2, 0.25) is 0 Å². The Morgan fingerprint density at radius 3 is 2.88 bits per heavy atom. The van der Waals surface area contributed by atoms with Crippen molar-refractivity contribution in [3.05, 3.63) is 29.8 Å². The van der Waals surface area contributed by atoms with E-state index in [0.29, 0.717) is 5.92 Å². The lowest BCUT2D eigenvalue weighted by molar-refractivity contribution is 0.374. The Labute approximate surface area is 103 Å². The first-order chi connectivity index (χ1) is 8.09. The highest BCUT2D eigenvalue weighted by molar-refractivity contribution is 5.54. The minimum Gasteiger partial charge on any atom is -0.366 e. The van der Waals surface area contributed by atoms with Crippen LogP contribution in [0.5, 0.6) is 0 Å². The summed E-state index contributed by atoms with van der Waals surface area (Å²) in [5, 5.41) is 8.94. The average molecular weight is 229 g/mol. The molecule has 1 saturated heterocycles. The molecule has 0 aliphatic carbocycles. The topological polar surface area (TPSA) is 53.0 Å². The van der Waals surface area contributed by atoms with Crippen LogP contribution >= 0.6 is 0 Å². The van der Waals surface area contributed by atoms with Crippen molar-refractivity contribution in [3.63, 3.8) is 0 Å². The van der Waals surface area contributed by atoms with Crippen molar-refractivity contribution in [2.45, 2.75) is 25.8 Å². The van der Waals surface area contributed by atoms with Crippen LogP contribution in [0, 0.1) is 17.2 Å². The lowest BCUT2D eigenvalue weighted by atomic mass is 9.88. The summed E-state index contributed by atoms with van der Waals surface area (Å²) < 4.78 is 0. The average Bonchev–Trinajstić information content (AvgIpc) is 2.64. The number of nitriles is 1. The molecular formula is C14H19N3. The van der Waals surface area contributed by atoms with E-state index in [1.165, 1.54) is 0 Å². The van der Waals surface area contributed by atoms with E-state index >= 15 is 0 Å². The van der Waals surface area contributed by atoms with Crippen molar-refractivity contribution in [3.8, 4) is 6.07 Å². The standard InChI is InChI=1S/C14H19N3/c1-14(2)12(10-16)6-7-17(14)13-5-3-4-11(8-13)9-15/h3-5,8,12H,6-7,10,16H2,1-2H3. The van der Waals surface area contributed by atoms with E-state index in [1.54, 1.807) is 0 Å². The molecule has 1 fully saturated rings. The number of hydrogen-bond acceptors (Lipinski definition) is 3. The van der Waals surface area contributed by atoms with Gasteiger partial charge in [0.15, 0.2) is 0 Å². The molecule has 90 valence electrons. The number of nitrogens with zero attached hydrogens (tertiary/aromatic N) is 2. The van der Waals surface area contributed by atoms with Gasteiger partial charge in [0, 0.05) is 17.8 Å². The fourth-order valence-corrected chi connectivity index (χ4v) is 2.76. The molecule has 1 aromatic rings. The molecule has 0 aromatic heterocycles. The van der Waals surface area contributed by atoms with Gasteiger partial charge in [0.1, 0.15) is 0 Å². The molecule has 3 heteroatoms. The minimum atomic E-state index is 0.0723. The van der Waals surface area contributed by atoms with Crippen molar-refractivity contribution in [2.75, 3.05) is 18.0 Å². The Morgan fingerprint density at radius 2 is 2.29 bits per heavy atom. The highest BCUT2D eigenvalue weighted by atomic mass is 15.2. The third kappa shape index (κ3) is 2.01. The molecule has 0 spiro atoms. The van der Waals surface area contributed by atoms with Gasteiger partial charge in [0.25, 0.3) is 0 Å². The van der Waals surface area contributed by atoms with Crippen LogP contribution in [0.3, 0.4) is 0 Å². The minimum absolute atomic E-state index is 0.0723. The van der Waals surface area contributed by atoms with E-state index in [-0.39, 0.29) is 5.54 Å². The van der Waals surface area contributed by atoms with Gasteiger partial charge in [-0.15, -0.1) is 0 Å². The molecule has 0 radical (unpaired) electrons. The number of nitrogens with two attached hydrogens (primary N) is 1. The molecule has 1 atom stereocenters. The zero-order valence-corrected chi connectivity index (χ0v) is 10.5. The molecule has 3 nitrogen and oxygen atoms in total. The summed E-state index contributed by atoms with van der Waals surface area (Å²) >= 11 is 0. The Hall–Kier alpha value is -1.53. The van der Waals surface area contributed by atoms with Gasteiger partial charge in [-0.1, -0.05) is 6.07 Å². The summed E-state index contributed by atoms with van der Waals surface area (Å²) in [6, 6.07) is 10.0. The molecule has 0 amide bonds. The monoisotopic (exact) mass is 229 g/mol. The molecule has 1 unspecified atom stereocenters. The van der Waals surface area contributed by atoms with Crippen LogP contribution in [-0.4, -0.2) is 18.6 Å². The number of hydrogen-bond donors (Lipinski definition) is 1. The maximum absolute atomic E-state index is 8.94. The normalized spacial score (nSPS) is 22.5. The van der Waals surface area contributed by atoms with Crippen LogP contribution in [0.15, 0.2) is 24.3 Å². The molecular weight excluding hydrogens is 210 g/mol. The van der Waals surface area contributed by atoms with E-state index < -0.39 is 0 Å². The quantitative estimate of drug-likeness (QED) is 0.845. The van der Waals surface area contributed by atoms with Crippen molar-refractivity contribution >= 4 is 5.69 Å². The Balaban J connectivity index is 2.32. The van der Waals surface area contributed by atoms with Gasteiger partial charge in [-0.05, 0) is 50.9 Å². The summed E-state index contributed by atoms with van der Waals surface area (Å²) in [4.78, 5) is 2.37. The number of rotatable bonds is 2. The lowest BCUT2D eigenvalue weighted by Crippen LogP contribution is -2.44. The molecule has 2 N–H and O–H groups in total. The summed E-state index contributed by atoms with van der Waals surface area (Å²) in [6.45, 7) is 6.21. The van der Waals surface area contributed by atoms with Crippen LogP contribution in [0.1, 0.15) is 25.8 Å². The second kappa shape index (κ2) is 4.38. The molecule has 0 bridgehead atoms. The Bertz CT molecular complexity index is 445. The van der Waals surface area contributed by atoms with E-state index in [0.717, 1.165) is 30.8 Å². The zero-order valence-electron chi connectivity index (χ0n) is 10.5. The molecule has 2 rings (SSSR count). The molecule has 1 aliphatic heterocycles. The van der Waals surface area contributed by atoms with E-state index in [2.05, 4.69) is 30.9 Å². The van der Waals surface area contributed by atoms with Gasteiger partial charge in [0.05, 0.1) is 11.6 Å². The third-order valence-corrected chi connectivity index (χ3v) is 3.97. The summed E-state index contributed by atoms with van der Waals surface area (Å²) in [6.07, 6.45) is 1.13. The van der Waals surface area contributed by atoms with Gasteiger partial charge >= 0.3 is 0 Å². The van der Waals surface area contributed by atoms with Crippen molar-refractivity contribution in [1.82, 2.24) is 0 Å². The zero-order chi connectivity index (χ0) is 12.5. The highest BCUT2D eigenvalue weighted by Gasteiger charge is 2.40. The van der Waals surface area contributed by atoms with Crippen LogP contribution in [0.25, 0.3) is 0 Å². The van der Waals surface area contributed by atoms with Crippen LogP contribution < -0.4 is 10.6 Å². The van der Waals surface area contributed by atoms with Crippen molar-refractivity contribution in [2.24, 2.45) is 11.7 Å². The van der Waals surface area contributed by atoms with Gasteiger partial charge in [0.2, 0.25) is 0 Å². The predicted octanol–water partition coefficient (Wildman–Crippen LogP) is 2.12. The Kier molecular flexibility index (Phi) is 3.08. The maximum atomic E-state index is 8.94. The summed E-state index contributed by atoms with van der Waals surface area (Å²) in [5.41, 5.74) is 7.75. The van der Waals surface area contributed by atoms with Gasteiger partial charge in [-0.25, -0.2) is 0 Å². The highest BCUT2D eigenvalue weighted by Crippen LogP contribution is 2.37. The molecule has 1 aromatic carbocycles. The lowest BCUT2D eigenvalue weighted by Gasteiger charge is -2.37. The fraction of sp³-hybridized carbons (Fsp3) is 0.500. The van der Waals surface area contributed by atoms with Gasteiger partial charge in [-0.3, -0.25) is 0 Å². The van der Waals surface area contributed by atoms with E-state index in [4.69, 9.17) is 11.0 Å². The van der Waals surface area contributed by atoms with Gasteiger partial charge in [-0.2, -0.15) is 5.26 Å². The predicted molar refractivity (Wildman–Crippen MR) is 69.7 cm³/mol. The fourth-order valence-electron chi connectivity index (χ4n) is 2.76. The SMILES string of the molecule is CC1(C)C(CN)CCN1c1cccc(C#N)c1. The van der Waals surface area contributed by atoms with Gasteiger partial charge < -0.3 is 10.6 Å². The summed E-state index contributed by atoms with van der Waals surface area (Å²) in [7, 11) is 0. The van der Waals surface area contributed by atoms with Crippen molar-refractivity contribution in [1.29, 1.82) is 5.26 Å². The molecule has 1 aliphatic rings. The second-order valence-corrected chi connectivity index (χ2v) is 5.19. The molecule has 1 heterocycles. The third-order valence-electron chi connectivity index (χ3n) is 3.97. The van der Waals surface area contributed by atoms with Crippen LogP contribution in [0.4, 0.5) is 5.69 Å². The second-order valence-electron chi connectivity index (χ2n) is 5.19. The number of anilines is 1. The number of benzene rings is 1. The smallest absolute Gasteiger partial charge is 0.0992 e. The largest absolute Gasteiger partial charge is 0.366 e. The first-order valence-corrected chi connectivity index (χ1v) is 6.07. The first kappa shape index (κ1) is 11.9. The molecule has 17 heavy (non-hydrogen) atoms. The first-order valence-electron chi connectivity index (χ1n) is 6.07. The Morgan fingerprint density at radius 1 is 1.53 bits per heavy atom. The summed E-state index contributed by atoms with van der Waals surface area (Å²) in [5.74, 6) is 0.522. The van der Waals surface area contributed by atoms with Crippen molar-refractivity contribution < 1.29 is 0 Å². The van der Waals surface area contributed by atoms with E-state index in [1.807, 2.05) is 18.2 Å². The maximum Gasteiger partial charge on any atom is 0.0992 e.